The van der Waals surface area contributed by atoms with Crippen molar-refractivity contribution < 1.29 is 10.0 Å². The first-order valence-electron chi connectivity index (χ1n) is 6.36. The summed E-state index contributed by atoms with van der Waals surface area (Å²) in [6.07, 6.45) is 3.57. The van der Waals surface area contributed by atoms with Crippen LogP contribution < -0.4 is 5.73 Å². The van der Waals surface area contributed by atoms with Gasteiger partial charge in [0.2, 0.25) is 5.91 Å². The minimum absolute atomic E-state index is 0.00838. The van der Waals surface area contributed by atoms with Gasteiger partial charge >= 0.3 is 0 Å². The Kier molecular flexibility index (Phi) is 5.25. The summed E-state index contributed by atoms with van der Waals surface area (Å²) in [5.74, 6) is 0.274. The predicted molar refractivity (Wildman–Crippen MR) is 66.8 cm³/mol. The van der Waals surface area contributed by atoms with Crippen LogP contribution >= 0.6 is 0 Å². The summed E-state index contributed by atoms with van der Waals surface area (Å²) in [5, 5.41) is 11.7. The van der Waals surface area contributed by atoms with Gasteiger partial charge in [-0.25, -0.2) is 0 Å². The first-order chi connectivity index (χ1) is 8.10. The predicted octanol–water partition coefficient (Wildman–Crippen LogP) is 1.41. The largest absolute Gasteiger partial charge is 0.409 e. The molecule has 17 heavy (non-hydrogen) atoms. The van der Waals surface area contributed by atoms with Crippen molar-refractivity contribution in [1.82, 2.24) is 4.90 Å². The van der Waals surface area contributed by atoms with Gasteiger partial charge in [0, 0.05) is 13.1 Å². The molecule has 1 atom stereocenters. The Morgan fingerprint density at radius 3 is 2.59 bits per heavy atom. The lowest BCUT2D eigenvalue weighted by Crippen LogP contribution is -2.45. The Labute approximate surface area is 103 Å². The molecule has 3 N–H and O–H groups in total. The molecule has 0 radical (unpaired) electrons. The van der Waals surface area contributed by atoms with Gasteiger partial charge in [0.15, 0.2) is 5.84 Å². The molecule has 5 heteroatoms. The molecule has 0 saturated carbocycles. The van der Waals surface area contributed by atoms with E-state index in [1.54, 1.807) is 0 Å². The molecule has 1 aliphatic heterocycles. The normalized spacial score (nSPS) is 20.4. The lowest BCUT2D eigenvalue weighted by Gasteiger charge is -2.32. The van der Waals surface area contributed by atoms with Crippen LogP contribution in [0.1, 0.15) is 39.5 Å². The number of rotatable bonds is 4. The number of carbonyl (C=O) groups excluding carboxylic acids is 1. The van der Waals surface area contributed by atoms with Gasteiger partial charge in [0.05, 0.1) is 5.92 Å². The fraction of sp³-hybridized carbons (Fsp3) is 0.833. The number of likely N-dealkylation sites (tertiary alicyclic amines) is 1. The lowest BCUT2D eigenvalue weighted by molar-refractivity contribution is -0.134. The first kappa shape index (κ1) is 13.8. The summed E-state index contributed by atoms with van der Waals surface area (Å²) >= 11 is 0. The third kappa shape index (κ3) is 3.61. The van der Waals surface area contributed by atoms with E-state index in [4.69, 9.17) is 10.9 Å². The van der Waals surface area contributed by atoms with Crippen LogP contribution in [-0.4, -0.2) is 34.9 Å². The quantitative estimate of drug-likeness (QED) is 0.338. The van der Waals surface area contributed by atoms with Crippen LogP contribution in [0.3, 0.4) is 0 Å². The molecule has 0 spiro atoms. The van der Waals surface area contributed by atoms with E-state index in [0.29, 0.717) is 12.3 Å². The molecule has 0 aromatic heterocycles. The van der Waals surface area contributed by atoms with Crippen molar-refractivity contribution in [2.45, 2.75) is 39.5 Å². The Balaban J connectivity index is 2.64. The van der Waals surface area contributed by atoms with Gasteiger partial charge in [0.1, 0.15) is 0 Å². The molecule has 1 saturated heterocycles. The van der Waals surface area contributed by atoms with Crippen molar-refractivity contribution >= 4 is 11.7 Å². The number of amides is 1. The zero-order valence-electron chi connectivity index (χ0n) is 10.7. The third-order valence-electron chi connectivity index (χ3n) is 3.44. The topological polar surface area (TPSA) is 78.9 Å². The summed E-state index contributed by atoms with van der Waals surface area (Å²) < 4.78 is 0. The Bertz CT molecular complexity index is 283. The van der Waals surface area contributed by atoms with E-state index >= 15 is 0 Å². The zero-order valence-corrected chi connectivity index (χ0v) is 10.7. The Hall–Kier alpha value is -1.26. The fourth-order valence-corrected chi connectivity index (χ4v) is 2.21. The van der Waals surface area contributed by atoms with Gasteiger partial charge in [-0.2, -0.15) is 0 Å². The van der Waals surface area contributed by atoms with Crippen molar-refractivity contribution in [3.63, 3.8) is 0 Å². The fourth-order valence-electron chi connectivity index (χ4n) is 2.21. The maximum absolute atomic E-state index is 12.2. The maximum Gasteiger partial charge on any atom is 0.233 e. The second-order valence-corrected chi connectivity index (χ2v) is 4.87. The maximum atomic E-state index is 12.2. The number of nitrogens with zero attached hydrogens (tertiary/aromatic N) is 2. The van der Waals surface area contributed by atoms with Crippen molar-refractivity contribution in [3.05, 3.63) is 0 Å². The van der Waals surface area contributed by atoms with Crippen LogP contribution in [0.2, 0.25) is 0 Å². The highest BCUT2D eigenvalue weighted by atomic mass is 16.4. The smallest absolute Gasteiger partial charge is 0.233 e. The average Bonchev–Trinajstić information content (AvgIpc) is 2.35. The molecule has 98 valence electrons. The van der Waals surface area contributed by atoms with Crippen molar-refractivity contribution in [1.29, 1.82) is 0 Å². The van der Waals surface area contributed by atoms with Gasteiger partial charge in [-0.3, -0.25) is 4.79 Å². The van der Waals surface area contributed by atoms with Gasteiger partial charge in [-0.1, -0.05) is 25.4 Å². The molecule has 0 aromatic rings. The van der Waals surface area contributed by atoms with Crippen molar-refractivity contribution in [3.8, 4) is 0 Å². The van der Waals surface area contributed by atoms with E-state index in [0.717, 1.165) is 32.4 Å². The summed E-state index contributed by atoms with van der Waals surface area (Å²) in [6.45, 7) is 5.77. The molecular formula is C12H23N3O2. The number of nitrogens with two attached hydrogens (primary N) is 1. The molecule has 1 unspecified atom stereocenters. The van der Waals surface area contributed by atoms with E-state index in [1.807, 2.05) is 11.8 Å². The second kappa shape index (κ2) is 6.47. The van der Waals surface area contributed by atoms with Crippen molar-refractivity contribution in [2.24, 2.45) is 22.7 Å². The average molecular weight is 241 g/mol. The van der Waals surface area contributed by atoms with Crippen LogP contribution in [-0.2, 0) is 4.79 Å². The molecule has 0 bridgehead atoms. The van der Waals surface area contributed by atoms with Crippen LogP contribution in [0.15, 0.2) is 5.16 Å². The molecular weight excluding hydrogens is 218 g/mol. The van der Waals surface area contributed by atoms with Crippen molar-refractivity contribution in [2.75, 3.05) is 13.1 Å². The number of piperidine rings is 1. The summed E-state index contributed by atoms with van der Waals surface area (Å²) in [7, 11) is 0. The van der Waals surface area contributed by atoms with E-state index in [1.165, 1.54) is 0 Å². The van der Waals surface area contributed by atoms with Gasteiger partial charge in [0.25, 0.3) is 0 Å². The second-order valence-electron chi connectivity index (χ2n) is 4.87. The highest BCUT2D eigenvalue weighted by molar-refractivity contribution is 6.02. The van der Waals surface area contributed by atoms with Crippen LogP contribution in [0.5, 0.6) is 0 Å². The van der Waals surface area contributed by atoms with Crippen LogP contribution in [0.25, 0.3) is 0 Å². The molecule has 1 heterocycles. The molecule has 1 fully saturated rings. The van der Waals surface area contributed by atoms with E-state index < -0.39 is 5.92 Å². The SMILES string of the molecule is CCCC(C(=O)N1CCC(C)CC1)C(N)=NO. The summed E-state index contributed by atoms with van der Waals surface area (Å²) in [6, 6.07) is 0. The highest BCUT2D eigenvalue weighted by Gasteiger charge is 2.29. The Morgan fingerprint density at radius 2 is 2.12 bits per heavy atom. The number of carbonyl (C=O) groups is 1. The zero-order chi connectivity index (χ0) is 12.8. The monoisotopic (exact) mass is 241 g/mol. The first-order valence-corrected chi connectivity index (χ1v) is 6.36. The minimum atomic E-state index is -0.460. The van der Waals surface area contributed by atoms with Crippen LogP contribution in [0, 0.1) is 11.8 Å². The van der Waals surface area contributed by atoms with Crippen LogP contribution in [0.4, 0.5) is 0 Å². The molecule has 0 aromatic carbocycles. The molecule has 1 amide bonds. The number of amidine groups is 1. The third-order valence-corrected chi connectivity index (χ3v) is 3.44. The Morgan fingerprint density at radius 1 is 1.53 bits per heavy atom. The highest BCUT2D eigenvalue weighted by Crippen LogP contribution is 2.19. The minimum Gasteiger partial charge on any atom is -0.409 e. The number of hydrogen-bond donors (Lipinski definition) is 2. The van der Waals surface area contributed by atoms with E-state index in [9.17, 15) is 4.79 Å². The summed E-state index contributed by atoms with van der Waals surface area (Å²) in [4.78, 5) is 14.1. The lowest BCUT2D eigenvalue weighted by atomic mass is 9.95. The molecule has 0 aliphatic carbocycles. The number of oxime groups is 1. The van der Waals surface area contributed by atoms with Gasteiger partial charge in [-0.15, -0.1) is 0 Å². The molecule has 1 rings (SSSR count). The summed E-state index contributed by atoms with van der Waals surface area (Å²) in [5.41, 5.74) is 5.59. The standard InChI is InChI=1S/C12H23N3O2/c1-3-4-10(11(13)14-17)12(16)15-7-5-9(2)6-8-15/h9-10,17H,3-8H2,1-2H3,(H2,13,14). The van der Waals surface area contributed by atoms with Gasteiger partial charge in [-0.05, 0) is 25.2 Å². The van der Waals surface area contributed by atoms with E-state index in [-0.39, 0.29) is 11.7 Å². The van der Waals surface area contributed by atoms with Gasteiger partial charge < -0.3 is 15.8 Å². The number of hydrogen-bond acceptors (Lipinski definition) is 3. The molecule has 5 nitrogen and oxygen atoms in total. The molecule has 1 aliphatic rings. The van der Waals surface area contributed by atoms with E-state index in [2.05, 4.69) is 12.1 Å².